The number of hydrogen-bond acceptors (Lipinski definition) is 5. The Labute approximate surface area is 125 Å². The van der Waals surface area contributed by atoms with Crippen molar-refractivity contribution in [3.8, 4) is 0 Å². The standard InChI is InChI=1S/C15H25N3O3/c1-3-8-18(12-6-4-11(16)5-7-12)15(19)14-9-13(10-20-2)21-17-14/h9,11-12H,3-8,10,16H2,1-2H3. The summed E-state index contributed by atoms with van der Waals surface area (Å²) >= 11 is 0. The first-order valence-corrected chi connectivity index (χ1v) is 7.66. The van der Waals surface area contributed by atoms with Crippen molar-refractivity contribution in [2.75, 3.05) is 13.7 Å². The van der Waals surface area contributed by atoms with E-state index in [1.807, 2.05) is 4.90 Å². The summed E-state index contributed by atoms with van der Waals surface area (Å²) in [5.41, 5.74) is 6.32. The number of nitrogens with zero attached hydrogens (tertiary/aromatic N) is 2. The number of aromatic nitrogens is 1. The van der Waals surface area contributed by atoms with Gasteiger partial charge < -0.3 is 19.9 Å². The number of methoxy groups -OCH3 is 1. The lowest BCUT2D eigenvalue weighted by molar-refractivity contribution is 0.0615. The van der Waals surface area contributed by atoms with Crippen LogP contribution in [0.25, 0.3) is 0 Å². The van der Waals surface area contributed by atoms with Crippen molar-refractivity contribution in [2.24, 2.45) is 5.73 Å². The highest BCUT2D eigenvalue weighted by Crippen LogP contribution is 2.24. The van der Waals surface area contributed by atoms with Gasteiger partial charge in [0.05, 0.1) is 0 Å². The molecule has 21 heavy (non-hydrogen) atoms. The fourth-order valence-corrected chi connectivity index (χ4v) is 2.88. The zero-order valence-electron chi connectivity index (χ0n) is 12.9. The van der Waals surface area contributed by atoms with Crippen LogP contribution in [0.4, 0.5) is 0 Å². The molecule has 1 aliphatic rings. The second-order valence-corrected chi connectivity index (χ2v) is 5.68. The SMILES string of the molecule is CCCN(C(=O)c1cc(COC)on1)C1CCC(N)CC1. The van der Waals surface area contributed by atoms with Crippen LogP contribution >= 0.6 is 0 Å². The molecule has 118 valence electrons. The summed E-state index contributed by atoms with van der Waals surface area (Å²) in [4.78, 5) is 14.6. The van der Waals surface area contributed by atoms with Crippen LogP contribution in [-0.4, -0.2) is 41.7 Å². The van der Waals surface area contributed by atoms with E-state index in [1.165, 1.54) is 0 Å². The average Bonchev–Trinajstić information content (AvgIpc) is 2.94. The minimum Gasteiger partial charge on any atom is -0.377 e. The molecule has 6 nitrogen and oxygen atoms in total. The number of carbonyl (C=O) groups is 1. The van der Waals surface area contributed by atoms with Crippen LogP contribution in [0, 0.1) is 0 Å². The van der Waals surface area contributed by atoms with Gasteiger partial charge in [0.1, 0.15) is 6.61 Å². The fraction of sp³-hybridized carbons (Fsp3) is 0.733. The van der Waals surface area contributed by atoms with Gasteiger partial charge in [0.15, 0.2) is 11.5 Å². The van der Waals surface area contributed by atoms with E-state index < -0.39 is 0 Å². The molecule has 0 saturated heterocycles. The zero-order valence-corrected chi connectivity index (χ0v) is 12.9. The van der Waals surface area contributed by atoms with Crippen molar-refractivity contribution in [3.63, 3.8) is 0 Å². The van der Waals surface area contributed by atoms with E-state index >= 15 is 0 Å². The van der Waals surface area contributed by atoms with Gasteiger partial charge in [-0.1, -0.05) is 12.1 Å². The van der Waals surface area contributed by atoms with Crippen LogP contribution in [0.15, 0.2) is 10.6 Å². The highest BCUT2D eigenvalue weighted by Gasteiger charge is 2.29. The molecule has 0 atom stereocenters. The summed E-state index contributed by atoms with van der Waals surface area (Å²) in [6.45, 7) is 3.14. The number of nitrogens with two attached hydrogens (primary N) is 1. The van der Waals surface area contributed by atoms with Crippen molar-refractivity contribution in [1.82, 2.24) is 10.1 Å². The van der Waals surface area contributed by atoms with Crippen LogP contribution in [0.1, 0.15) is 55.3 Å². The summed E-state index contributed by atoms with van der Waals surface area (Å²) in [5.74, 6) is 0.520. The summed E-state index contributed by atoms with van der Waals surface area (Å²) in [5, 5.41) is 3.88. The molecular weight excluding hydrogens is 270 g/mol. The Morgan fingerprint density at radius 1 is 1.48 bits per heavy atom. The van der Waals surface area contributed by atoms with Gasteiger partial charge in [0.25, 0.3) is 5.91 Å². The highest BCUT2D eigenvalue weighted by molar-refractivity contribution is 5.92. The predicted octanol–water partition coefficient (Wildman–Crippen LogP) is 1.94. The molecule has 0 bridgehead atoms. The zero-order chi connectivity index (χ0) is 15.2. The van der Waals surface area contributed by atoms with Crippen molar-refractivity contribution < 1.29 is 14.1 Å². The van der Waals surface area contributed by atoms with Crippen molar-refractivity contribution in [2.45, 2.75) is 57.7 Å². The van der Waals surface area contributed by atoms with Crippen molar-refractivity contribution >= 4 is 5.91 Å². The summed E-state index contributed by atoms with van der Waals surface area (Å²) in [6.07, 6.45) is 4.82. The molecule has 1 saturated carbocycles. The first kappa shape index (κ1) is 16.0. The normalized spacial score (nSPS) is 22.2. The Balaban J connectivity index is 2.07. The van der Waals surface area contributed by atoms with Gasteiger partial charge in [0.2, 0.25) is 0 Å². The smallest absolute Gasteiger partial charge is 0.276 e. The summed E-state index contributed by atoms with van der Waals surface area (Å²) in [6, 6.07) is 2.21. The van der Waals surface area contributed by atoms with Crippen LogP contribution in [0.3, 0.4) is 0 Å². The van der Waals surface area contributed by atoms with Crippen LogP contribution in [0.5, 0.6) is 0 Å². The molecule has 1 aromatic rings. The highest BCUT2D eigenvalue weighted by atomic mass is 16.5. The number of hydrogen-bond donors (Lipinski definition) is 1. The minimum atomic E-state index is -0.0524. The number of rotatable bonds is 6. The quantitative estimate of drug-likeness (QED) is 0.867. The molecular formula is C15H25N3O3. The van der Waals surface area contributed by atoms with E-state index in [-0.39, 0.29) is 18.0 Å². The van der Waals surface area contributed by atoms with E-state index in [9.17, 15) is 4.79 Å². The van der Waals surface area contributed by atoms with Crippen LogP contribution in [-0.2, 0) is 11.3 Å². The molecule has 6 heteroatoms. The minimum absolute atomic E-state index is 0.0524. The number of amides is 1. The van der Waals surface area contributed by atoms with Gasteiger partial charge >= 0.3 is 0 Å². The monoisotopic (exact) mass is 295 g/mol. The molecule has 0 spiro atoms. The van der Waals surface area contributed by atoms with Gasteiger partial charge in [-0.15, -0.1) is 0 Å². The Bertz CT molecular complexity index is 453. The van der Waals surface area contributed by atoms with Crippen LogP contribution < -0.4 is 5.73 Å². The maximum absolute atomic E-state index is 12.7. The molecule has 1 fully saturated rings. The second-order valence-electron chi connectivity index (χ2n) is 5.68. The lowest BCUT2D eigenvalue weighted by atomic mass is 9.90. The second kappa shape index (κ2) is 7.56. The van der Waals surface area contributed by atoms with E-state index in [2.05, 4.69) is 12.1 Å². The lowest BCUT2D eigenvalue weighted by Gasteiger charge is -2.35. The Kier molecular flexibility index (Phi) is 5.76. The van der Waals surface area contributed by atoms with E-state index in [0.29, 0.717) is 18.1 Å². The largest absolute Gasteiger partial charge is 0.377 e. The van der Waals surface area contributed by atoms with E-state index in [0.717, 1.165) is 38.6 Å². The molecule has 2 rings (SSSR count). The third-order valence-corrected chi connectivity index (χ3v) is 3.97. The number of ether oxygens (including phenoxy) is 1. The molecule has 1 heterocycles. The number of carbonyl (C=O) groups excluding carboxylic acids is 1. The van der Waals surface area contributed by atoms with Gasteiger partial charge in [-0.3, -0.25) is 4.79 Å². The Hall–Kier alpha value is -1.40. The van der Waals surface area contributed by atoms with E-state index in [4.69, 9.17) is 15.0 Å². The van der Waals surface area contributed by atoms with Gasteiger partial charge in [0, 0.05) is 31.8 Å². The molecule has 0 radical (unpaired) electrons. The molecule has 0 unspecified atom stereocenters. The molecule has 0 aliphatic heterocycles. The van der Waals surface area contributed by atoms with Crippen molar-refractivity contribution in [3.05, 3.63) is 17.5 Å². The third kappa shape index (κ3) is 4.04. The molecule has 0 aromatic carbocycles. The fourth-order valence-electron chi connectivity index (χ4n) is 2.88. The average molecular weight is 295 g/mol. The Morgan fingerprint density at radius 3 is 2.81 bits per heavy atom. The van der Waals surface area contributed by atoms with E-state index in [1.54, 1.807) is 13.2 Å². The molecule has 1 aromatic heterocycles. The first-order valence-electron chi connectivity index (χ1n) is 7.66. The maximum atomic E-state index is 12.7. The molecule has 1 amide bonds. The van der Waals surface area contributed by atoms with Crippen LogP contribution in [0.2, 0.25) is 0 Å². The third-order valence-electron chi connectivity index (χ3n) is 3.97. The van der Waals surface area contributed by atoms with Gasteiger partial charge in [-0.05, 0) is 32.1 Å². The predicted molar refractivity (Wildman–Crippen MR) is 78.8 cm³/mol. The lowest BCUT2D eigenvalue weighted by Crippen LogP contribution is -2.44. The molecule has 1 aliphatic carbocycles. The summed E-state index contributed by atoms with van der Waals surface area (Å²) in [7, 11) is 1.58. The maximum Gasteiger partial charge on any atom is 0.276 e. The summed E-state index contributed by atoms with van der Waals surface area (Å²) < 4.78 is 10.1. The molecule has 2 N–H and O–H groups in total. The van der Waals surface area contributed by atoms with Crippen molar-refractivity contribution in [1.29, 1.82) is 0 Å². The Morgan fingerprint density at radius 2 is 2.19 bits per heavy atom. The topological polar surface area (TPSA) is 81.6 Å². The first-order chi connectivity index (χ1) is 10.2. The van der Waals surface area contributed by atoms with Gasteiger partial charge in [-0.2, -0.15) is 0 Å². The van der Waals surface area contributed by atoms with Gasteiger partial charge in [-0.25, -0.2) is 0 Å².